The molecule has 1 aliphatic heterocycles. The molecule has 112 valence electrons. The number of para-hydroxylation sites is 1. The van der Waals surface area contributed by atoms with Gasteiger partial charge in [0.25, 0.3) is 0 Å². The van der Waals surface area contributed by atoms with Crippen LogP contribution in [-0.2, 0) is 9.73 Å². The van der Waals surface area contributed by atoms with E-state index in [9.17, 15) is 4.21 Å². The lowest BCUT2D eigenvalue weighted by molar-refractivity contribution is 0.676. The second kappa shape index (κ2) is 5.48. The Labute approximate surface area is 135 Å². The van der Waals surface area contributed by atoms with Gasteiger partial charge in [0.15, 0.2) is 5.84 Å². The summed E-state index contributed by atoms with van der Waals surface area (Å²) >= 11 is 0. The summed E-state index contributed by atoms with van der Waals surface area (Å²) < 4.78 is 18.3. The van der Waals surface area contributed by atoms with E-state index in [0.29, 0.717) is 15.6 Å². The molecule has 0 fully saturated rings. The van der Waals surface area contributed by atoms with Crippen LogP contribution in [0, 0.1) is 0 Å². The first-order valence-corrected chi connectivity index (χ1v) is 8.84. The van der Waals surface area contributed by atoms with Gasteiger partial charge in [-0.1, -0.05) is 60.7 Å². The van der Waals surface area contributed by atoms with Crippen LogP contribution >= 0.6 is 0 Å². The van der Waals surface area contributed by atoms with Crippen molar-refractivity contribution < 1.29 is 4.21 Å². The Hall–Kier alpha value is -2.72. The van der Waals surface area contributed by atoms with Gasteiger partial charge in [0.05, 0.1) is 15.5 Å². The molecule has 0 radical (unpaired) electrons. The maximum atomic E-state index is 13.8. The summed E-state index contributed by atoms with van der Waals surface area (Å²) in [6, 6.07) is 26.6. The number of hydrogen-bond donors (Lipinski definition) is 0. The minimum absolute atomic E-state index is 0.512. The Morgan fingerprint density at radius 2 is 1.30 bits per heavy atom. The highest BCUT2D eigenvalue weighted by Gasteiger charge is 2.24. The van der Waals surface area contributed by atoms with Gasteiger partial charge in [-0.05, 0) is 24.3 Å². The Balaban J connectivity index is 2.03. The molecule has 0 bridgehead atoms. The lowest BCUT2D eigenvalue weighted by Gasteiger charge is -2.18. The number of benzene rings is 3. The SMILES string of the molecule is O=S1(c2ccccc2)=NC(c2ccccc2)=Nc2ccccc21. The molecule has 0 saturated carbocycles. The summed E-state index contributed by atoms with van der Waals surface area (Å²) in [7, 11) is -2.73. The predicted molar refractivity (Wildman–Crippen MR) is 92.6 cm³/mol. The largest absolute Gasteiger partial charge is 0.239 e. The van der Waals surface area contributed by atoms with E-state index in [1.165, 1.54) is 0 Å². The lowest BCUT2D eigenvalue weighted by Crippen LogP contribution is -2.11. The highest BCUT2D eigenvalue weighted by molar-refractivity contribution is 7.94. The molecule has 1 heterocycles. The molecule has 3 nitrogen and oxygen atoms in total. The predicted octanol–water partition coefficient (Wildman–Crippen LogP) is 4.66. The fourth-order valence-corrected chi connectivity index (χ4v) is 4.61. The highest BCUT2D eigenvalue weighted by atomic mass is 32.2. The second-order valence-corrected chi connectivity index (χ2v) is 7.34. The molecule has 0 N–H and O–H groups in total. The van der Waals surface area contributed by atoms with E-state index in [1.807, 2.05) is 84.9 Å². The number of hydrogen-bond acceptors (Lipinski definition) is 3. The average Bonchev–Trinajstić information content (AvgIpc) is 2.63. The number of nitrogens with zero attached hydrogens (tertiary/aromatic N) is 2. The normalized spacial score (nSPS) is 19.4. The van der Waals surface area contributed by atoms with Gasteiger partial charge in [-0.3, -0.25) is 0 Å². The van der Waals surface area contributed by atoms with Crippen molar-refractivity contribution >= 4 is 21.3 Å². The fourth-order valence-electron chi connectivity index (χ4n) is 2.58. The Bertz CT molecular complexity index is 1000. The molecule has 0 aromatic heterocycles. The summed E-state index contributed by atoms with van der Waals surface area (Å²) in [6.07, 6.45) is 0. The third-order valence-corrected chi connectivity index (χ3v) is 5.98. The van der Waals surface area contributed by atoms with Crippen LogP contribution in [0.4, 0.5) is 5.69 Å². The molecule has 3 aromatic carbocycles. The first kappa shape index (κ1) is 13.9. The van der Waals surface area contributed by atoms with Crippen LogP contribution in [0.5, 0.6) is 0 Å². The monoisotopic (exact) mass is 318 g/mol. The molecule has 0 saturated heterocycles. The topological polar surface area (TPSA) is 41.8 Å². The summed E-state index contributed by atoms with van der Waals surface area (Å²) in [5, 5.41) is 0. The third kappa shape index (κ3) is 2.37. The maximum absolute atomic E-state index is 13.8. The van der Waals surface area contributed by atoms with E-state index in [1.54, 1.807) is 0 Å². The zero-order chi connectivity index (χ0) is 15.7. The van der Waals surface area contributed by atoms with Gasteiger partial charge < -0.3 is 0 Å². The van der Waals surface area contributed by atoms with Gasteiger partial charge in [0.1, 0.15) is 9.73 Å². The van der Waals surface area contributed by atoms with Crippen LogP contribution in [0.15, 0.2) is 104 Å². The molecule has 1 aliphatic rings. The van der Waals surface area contributed by atoms with Crippen molar-refractivity contribution in [1.82, 2.24) is 0 Å². The maximum Gasteiger partial charge on any atom is 0.170 e. The highest BCUT2D eigenvalue weighted by Crippen LogP contribution is 2.35. The van der Waals surface area contributed by atoms with Crippen molar-refractivity contribution in [2.24, 2.45) is 9.36 Å². The first-order chi connectivity index (χ1) is 11.3. The smallest absolute Gasteiger partial charge is 0.170 e. The number of rotatable bonds is 2. The summed E-state index contributed by atoms with van der Waals surface area (Å²) in [4.78, 5) is 5.98. The van der Waals surface area contributed by atoms with Crippen molar-refractivity contribution in [3.05, 3.63) is 90.5 Å². The number of fused-ring (bicyclic) bond motifs is 1. The van der Waals surface area contributed by atoms with Gasteiger partial charge >= 0.3 is 0 Å². The Morgan fingerprint density at radius 3 is 2.04 bits per heavy atom. The van der Waals surface area contributed by atoms with E-state index >= 15 is 0 Å². The zero-order valence-corrected chi connectivity index (χ0v) is 13.1. The molecule has 4 rings (SSSR count). The summed E-state index contributed by atoms with van der Waals surface area (Å²) in [5.74, 6) is 0.512. The van der Waals surface area contributed by atoms with Crippen molar-refractivity contribution in [2.75, 3.05) is 0 Å². The molecule has 0 amide bonds. The second-order valence-electron chi connectivity index (χ2n) is 5.20. The van der Waals surface area contributed by atoms with Gasteiger partial charge in [0.2, 0.25) is 0 Å². The molecular formula is C19H14N2OS. The van der Waals surface area contributed by atoms with E-state index in [0.717, 1.165) is 11.3 Å². The zero-order valence-electron chi connectivity index (χ0n) is 12.3. The minimum Gasteiger partial charge on any atom is -0.239 e. The van der Waals surface area contributed by atoms with Crippen molar-refractivity contribution in [1.29, 1.82) is 0 Å². The van der Waals surface area contributed by atoms with Crippen LogP contribution in [0.1, 0.15) is 5.56 Å². The molecule has 0 spiro atoms. The Morgan fingerprint density at radius 1 is 0.696 bits per heavy atom. The van der Waals surface area contributed by atoms with Crippen LogP contribution < -0.4 is 0 Å². The molecule has 3 aromatic rings. The number of amidine groups is 1. The van der Waals surface area contributed by atoms with Crippen LogP contribution in [0.2, 0.25) is 0 Å². The van der Waals surface area contributed by atoms with Gasteiger partial charge in [0, 0.05) is 5.56 Å². The average molecular weight is 318 g/mol. The van der Waals surface area contributed by atoms with Crippen LogP contribution in [0.3, 0.4) is 0 Å². The third-order valence-electron chi connectivity index (χ3n) is 3.70. The van der Waals surface area contributed by atoms with Crippen LogP contribution in [-0.4, -0.2) is 10.0 Å². The molecular weight excluding hydrogens is 304 g/mol. The molecule has 23 heavy (non-hydrogen) atoms. The first-order valence-electron chi connectivity index (χ1n) is 7.33. The standard InChI is InChI=1S/C19H14N2OS/c22-23(16-11-5-2-6-12-16)18-14-8-7-13-17(18)20-19(21-23)15-9-3-1-4-10-15/h1-14H. The summed E-state index contributed by atoms with van der Waals surface area (Å²) in [5.41, 5.74) is 1.58. The van der Waals surface area contributed by atoms with E-state index in [2.05, 4.69) is 9.36 Å². The lowest BCUT2D eigenvalue weighted by atomic mass is 10.2. The van der Waals surface area contributed by atoms with E-state index in [4.69, 9.17) is 0 Å². The van der Waals surface area contributed by atoms with Crippen molar-refractivity contribution in [3.63, 3.8) is 0 Å². The number of aliphatic imine (C=N–C) groups is 1. The van der Waals surface area contributed by atoms with Gasteiger partial charge in [-0.2, -0.15) is 4.36 Å². The quantitative estimate of drug-likeness (QED) is 0.677. The van der Waals surface area contributed by atoms with Crippen molar-refractivity contribution in [2.45, 2.75) is 9.79 Å². The molecule has 1 unspecified atom stereocenters. The van der Waals surface area contributed by atoms with E-state index < -0.39 is 9.73 Å². The molecule has 4 heteroatoms. The summed E-state index contributed by atoms with van der Waals surface area (Å²) in [6.45, 7) is 0. The minimum atomic E-state index is -2.73. The van der Waals surface area contributed by atoms with Gasteiger partial charge in [-0.15, -0.1) is 0 Å². The molecule has 0 aliphatic carbocycles. The van der Waals surface area contributed by atoms with E-state index in [-0.39, 0.29) is 0 Å². The van der Waals surface area contributed by atoms with Crippen LogP contribution in [0.25, 0.3) is 0 Å². The fraction of sp³-hybridized carbons (Fsp3) is 0. The van der Waals surface area contributed by atoms with Crippen molar-refractivity contribution in [3.8, 4) is 0 Å². The Kier molecular flexibility index (Phi) is 3.32. The van der Waals surface area contributed by atoms with Gasteiger partial charge in [-0.25, -0.2) is 9.20 Å². The molecule has 1 atom stereocenters.